The first-order valence-electron chi connectivity index (χ1n) is 7.25. The first-order valence-corrected chi connectivity index (χ1v) is 7.25. The van der Waals surface area contributed by atoms with Gasteiger partial charge in [-0.2, -0.15) is 0 Å². The van der Waals surface area contributed by atoms with Crippen molar-refractivity contribution in [1.29, 1.82) is 0 Å². The van der Waals surface area contributed by atoms with E-state index in [2.05, 4.69) is 5.32 Å². The third-order valence-corrected chi connectivity index (χ3v) is 3.80. The van der Waals surface area contributed by atoms with Crippen LogP contribution in [-0.2, 0) is 0 Å². The number of benzene rings is 1. The molecular formula is C14H22N2O8. The zero-order valence-electron chi connectivity index (χ0n) is 13.1. The van der Waals surface area contributed by atoms with E-state index in [1.54, 1.807) is 6.07 Å². The van der Waals surface area contributed by atoms with Crippen LogP contribution < -0.4 is 14.8 Å². The van der Waals surface area contributed by atoms with Gasteiger partial charge >= 0.3 is 11.8 Å². The number of hydrogen-bond acceptors (Lipinski definition) is 10. The number of ether oxygens (including phenoxy) is 2. The summed E-state index contributed by atoms with van der Waals surface area (Å²) in [5, 5.41) is 63.3. The average molecular weight is 346 g/mol. The quantitative estimate of drug-likeness (QED) is 0.264. The molecule has 2 rings (SSSR count). The molecule has 0 unspecified atom stereocenters. The van der Waals surface area contributed by atoms with Crippen molar-refractivity contribution < 1.29 is 40.1 Å². The predicted octanol–water partition coefficient (Wildman–Crippen LogP) is -3.06. The number of para-hydroxylation sites is 2. The van der Waals surface area contributed by atoms with Gasteiger partial charge in [0, 0.05) is 26.2 Å². The lowest BCUT2D eigenvalue weighted by Crippen LogP contribution is -2.77. The van der Waals surface area contributed by atoms with Crippen LogP contribution in [0.4, 0.5) is 0 Å². The lowest BCUT2D eigenvalue weighted by Gasteiger charge is -2.47. The van der Waals surface area contributed by atoms with E-state index < -0.39 is 17.7 Å². The lowest BCUT2D eigenvalue weighted by molar-refractivity contribution is -0.523. The van der Waals surface area contributed by atoms with Crippen LogP contribution in [0, 0.1) is 0 Å². The molecule has 1 fully saturated rings. The SMILES string of the molecule is COc1ccccc1OC(O)(O)C(O)(O)C(O)(O)N1CCNCC1. The maximum atomic E-state index is 10.1. The minimum Gasteiger partial charge on any atom is -0.493 e. The summed E-state index contributed by atoms with van der Waals surface area (Å²) in [6.45, 7) is 0.744. The molecule has 24 heavy (non-hydrogen) atoms. The molecule has 1 aliphatic rings. The van der Waals surface area contributed by atoms with Gasteiger partial charge < -0.3 is 45.4 Å². The van der Waals surface area contributed by atoms with Crippen molar-refractivity contribution in [3.05, 3.63) is 24.3 Å². The second kappa shape index (κ2) is 6.78. The Morgan fingerprint density at radius 1 is 0.958 bits per heavy atom. The molecule has 0 bridgehead atoms. The van der Waals surface area contributed by atoms with E-state index in [1.165, 1.54) is 25.3 Å². The van der Waals surface area contributed by atoms with Crippen molar-refractivity contribution in [2.45, 2.75) is 17.7 Å². The summed E-state index contributed by atoms with van der Waals surface area (Å²) >= 11 is 0. The monoisotopic (exact) mass is 346 g/mol. The Kier molecular flexibility index (Phi) is 5.32. The summed E-state index contributed by atoms with van der Waals surface area (Å²) in [5.41, 5.74) is 0. The topological polar surface area (TPSA) is 155 Å². The zero-order chi connectivity index (χ0) is 18.0. The van der Waals surface area contributed by atoms with Crippen molar-refractivity contribution in [2.75, 3.05) is 33.3 Å². The molecule has 0 amide bonds. The lowest BCUT2D eigenvalue weighted by atomic mass is 10.1. The van der Waals surface area contributed by atoms with Crippen LogP contribution in [-0.4, -0.2) is 86.5 Å². The molecule has 1 saturated heterocycles. The number of methoxy groups -OCH3 is 1. The summed E-state index contributed by atoms with van der Waals surface area (Å²) in [6, 6.07) is 5.77. The maximum absolute atomic E-state index is 10.1. The van der Waals surface area contributed by atoms with E-state index in [9.17, 15) is 30.6 Å². The normalized spacial score (nSPS) is 17.6. The van der Waals surface area contributed by atoms with Crippen LogP contribution in [0.5, 0.6) is 11.5 Å². The van der Waals surface area contributed by atoms with Gasteiger partial charge in [-0.3, -0.25) is 0 Å². The molecular weight excluding hydrogens is 324 g/mol. The van der Waals surface area contributed by atoms with Gasteiger partial charge in [0.05, 0.1) is 7.11 Å². The number of rotatable bonds is 6. The molecule has 0 aromatic heterocycles. The number of nitrogens with one attached hydrogen (secondary N) is 1. The van der Waals surface area contributed by atoms with Crippen LogP contribution in [0.2, 0.25) is 0 Å². The highest BCUT2D eigenvalue weighted by molar-refractivity contribution is 5.39. The minimum absolute atomic E-state index is 0.0284. The fraction of sp³-hybridized carbons (Fsp3) is 0.571. The highest BCUT2D eigenvalue weighted by Crippen LogP contribution is 2.35. The van der Waals surface area contributed by atoms with Crippen LogP contribution in [0.1, 0.15) is 0 Å². The van der Waals surface area contributed by atoms with Gasteiger partial charge in [-0.05, 0) is 12.1 Å². The second-order valence-electron chi connectivity index (χ2n) is 5.41. The van der Waals surface area contributed by atoms with Gasteiger partial charge in [0.2, 0.25) is 0 Å². The summed E-state index contributed by atoms with van der Waals surface area (Å²) in [4.78, 5) is 0.871. The summed E-state index contributed by atoms with van der Waals surface area (Å²) in [5.74, 6) is -11.2. The molecule has 1 aromatic carbocycles. The molecule has 136 valence electrons. The van der Waals surface area contributed by atoms with Gasteiger partial charge in [0.25, 0.3) is 5.91 Å². The fourth-order valence-electron chi connectivity index (χ4n) is 2.34. The molecule has 1 aliphatic heterocycles. The van der Waals surface area contributed by atoms with Crippen molar-refractivity contribution >= 4 is 0 Å². The first kappa shape index (κ1) is 18.8. The Hall–Kier alpha value is -1.50. The number of aliphatic hydroxyl groups is 6. The Morgan fingerprint density at radius 2 is 1.50 bits per heavy atom. The smallest absolute Gasteiger partial charge is 0.387 e. The Morgan fingerprint density at radius 3 is 2.04 bits per heavy atom. The van der Waals surface area contributed by atoms with Gasteiger partial charge in [-0.15, -0.1) is 0 Å². The number of nitrogens with zero attached hydrogens (tertiary/aromatic N) is 1. The van der Waals surface area contributed by atoms with Crippen LogP contribution in [0.3, 0.4) is 0 Å². The molecule has 0 saturated carbocycles. The van der Waals surface area contributed by atoms with Gasteiger partial charge in [-0.25, -0.2) is 4.90 Å². The second-order valence-corrected chi connectivity index (χ2v) is 5.41. The third kappa shape index (κ3) is 3.31. The van der Waals surface area contributed by atoms with Gasteiger partial charge in [-0.1, -0.05) is 12.1 Å². The molecule has 10 nitrogen and oxygen atoms in total. The Balaban J connectivity index is 2.27. The van der Waals surface area contributed by atoms with Crippen molar-refractivity contribution in [1.82, 2.24) is 10.2 Å². The van der Waals surface area contributed by atoms with Crippen molar-refractivity contribution in [3.63, 3.8) is 0 Å². The molecule has 0 radical (unpaired) electrons. The summed E-state index contributed by atoms with van der Waals surface area (Å²) in [7, 11) is 1.30. The van der Waals surface area contributed by atoms with E-state index in [1.807, 2.05) is 0 Å². The van der Waals surface area contributed by atoms with E-state index >= 15 is 0 Å². The zero-order valence-corrected chi connectivity index (χ0v) is 13.1. The molecule has 0 atom stereocenters. The van der Waals surface area contributed by atoms with Gasteiger partial charge in [0.1, 0.15) is 0 Å². The average Bonchev–Trinajstić information content (AvgIpc) is 2.55. The van der Waals surface area contributed by atoms with Crippen LogP contribution in [0.25, 0.3) is 0 Å². The standard InChI is InChI=1S/C14H22N2O8/c1-23-10-4-2-3-5-11(10)24-14(21,22)12(17,18)13(19,20)16-8-6-15-7-9-16/h2-5,15,17-22H,6-9H2,1H3. The summed E-state index contributed by atoms with van der Waals surface area (Å²) in [6.07, 6.45) is 0. The number of piperazine rings is 1. The molecule has 1 heterocycles. The van der Waals surface area contributed by atoms with Crippen molar-refractivity contribution in [2.24, 2.45) is 0 Å². The third-order valence-electron chi connectivity index (χ3n) is 3.80. The highest BCUT2D eigenvalue weighted by Gasteiger charge is 2.67. The summed E-state index contributed by atoms with van der Waals surface area (Å²) < 4.78 is 9.74. The molecule has 10 heteroatoms. The van der Waals surface area contributed by atoms with Gasteiger partial charge in [0.15, 0.2) is 11.5 Å². The van der Waals surface area contributed by atoms with E-state index in [-0.39, 0.29) is 24.6 Å². The highest BCUT2D eigenvalue weighted by atomic mass is 16.8. The van der Waals surface area contributed by atoms with E-state index in [0.717, 1.165) is 4.90 Å². The Labute approximate surface area is 138 Å². The maximum Gasteiger partial charge on any atom is 0.387 e. The van der Waals surface area contributed by atoms with Crippen LogP contribution in [0.15, 0.2) is 24.3 Å². The van der Waals surface area contributed by atoms with E-state index in [0.29, 0.717) is 13.1 Å². The predicted molar refractivity (Wildman–Crippen MR) is 79.6 cm³/mol. The van der Waals surface area contributed by atoms with Crippen molar-refractivity contribution in [3.8, 4) is 11.5 Å². The Bertz CT molecular complexity index is 557. The van der Waals surface area contributed by atoms with Crippen LogP contribution >= 0.6 is 0 Å². The molecule has 0 aliphatic carbocycles. The number of hydrogen-bond donors (Lipinski definition) is 7. The minimum atomic E-state index is -3.86. The largest absolute Gasteiger partial charge is 0.493 e. The fourth-order valence-corrected chi connectivity index (χ4v) is 2.34. The molecule has 1 aromatic rings. The first-order chi connectivity index (χ1) is 11.1. The molecule has 7 N–H and O–H groups in total. The molecule has 0 spiro atoms. The van der Waals surface area contributed by atoms with E-state index in [4.69, 9.17) is 9.47 Å².